The summed E-state index contributed by atoms with van der Waals surface area (Å²) in [5, 5.41) is 0. The molecule has 23 heavy (non-hydrogen) atoms. The van der Waals surface area contributed by atoms with E-state index in [1.54, 1.807) is 18.4 Å². The van der Waals surface area contributed by atoms with Gasteiger partial charge in [0.2, 0.25) is 5.91 Å². The van der Waals surface area contributed by atoms with Gasteiger partial charge in [-0.3, -0.25) is 9.69 Å². The van der Waals surface area contributed by atoms with E-state index in [0.717, 1.165) is 39.1 Å². The first-order chi connectivity index (χ1) is 11.2. The van der Waals surface area contributed by atoms with E-state index in [-0.39, 0.29) is 12.3 Å². The van der Waals surface area contributed by atoms with E-state index < -0.39 is 0 Å². The lowest BCUT2D eigenvalue weighted by molar-refractivity contribution is -0.132. The van der Waals surface area contributed by atoms with Gasteiger partial charge in [0, 0.05) is 26.2 Å². The van der Waals surface area contributed by atoms with E-state index in [4.69, 9.17) is 8.83 Å². The van der Waals surface area contributed by atoms with Gasteiger partial charge in [-0.1, -0.05) is 6.92 Å². The fourth-order valence-corrected chi connectivity index (χ4v) is 2.89. The summed E-state index contributed by atoms with van der Waals surface area (Å²) in [6.07, 6.45) is 3.01. The highest BCUT2D eigenvalue weighted by molar-refractivity contribution is 5.78. The molecule has 0 unspecified atom stereocenters. The van der Waals surface area contributed by atoms with Gasteiger partial charge in [0.05, 0.1) is 18.4 Å². The summed E-state index contributed by atoms with van der Waals surface area (Å²) in [4.78, 5) is 21.2. The molecule has 1 aliphatic heterocycles. The van der Waals surface area contributed by atoms with Crippen molar-refractivity contribution in [2.75, 3.05) is 32.7 Å². The number of oxazole rings is 1. The lowest BCUT2D eigenvalue weighted by atomic mass is 10.2. The van der Waals surface area contributed by atoms with Gasteiger partial charge in [0.15, 0.2) is 5.76 Å². The van der Waals surface area contributed by atoms with E-state index in [1.165, 1.54) is 0 Å². The molecule has 2 aromatic heterocycles. The van der Waals surface area contributed by atoms with Crippen molar-refractivity contribution in [3.05, 3.63) is 29.9 Å². The first-order valence-electron chi connectivity index (χ1n) is 8.17. The van der Waals surface area contributed by atoms with Crippen molar-refractivity contribution in [1.29, 1.82) is 0 Å². The van der Waals surface area contributed by atoms with E-state index in [1.807, 2.05) is 11.8 Å². The molecule has 1 aliphatic rings. The minimum atomic E-state index is 0.114. The van der Waals surface area contributed by atoms with Gasteiger partial charge in [0.25, 0.3) is 5.89 Å². The van der Waals surface area contributed by atoms with E-state index >= 15 is 0 Å². The SMILES string of the molecule is CCCN1CCN(C(=O)Cc2nc(-c3ccco3)oc2C)CC1. The molecule has 124 valence electrons. The maximum atomic E-state index is 12.5. The Morgan fingerprint density at radius 1 is 1.30 bits per heavy atom. The van der Waals surface area contributed by atoms with Crippen LogP contribution >= 0.6 is 0 Å². The Balaban J connectivity index is 1.60. The number of rotatable bonds is 5. The molecule has 0 spiro atoms. The number of piperazine rings is 1. The molecule has 0 aromatic carbocycles. The number of amides is 1. The molecular weight excluding hydrogens is 294 g/mol. The van der Waals surface area contributed by atoms with Crippen LogP contribution in [0.2, 0.25) is 0 Å². The Bertz CT molecular complexity index is 640. The highest BCUT2D eigenvalue weighted by atomic mass is 16.4. The molecule has 2 aromatic rings. The molecule has 6 nitrogen and oxygen atoms in total. The predicted octanol–water partition coefficient (Wildman–Crippen LogP) is 2.34. The molecule has 1 amide bonds. The van der Waals surface area contributed by atoms with Crippen LogP contribution in [0.5, 0.6) is 0 Å². The van der Waals surface area contributed by atoms with Crippen LogP contribution in [0, 0.1) is 6.92 Å². The number of aromatic nitrogens is 1. The summed E-state index contributed by atoms with van der Waals surface area (Å²) in [5.41, 5.74) is 0.692. The number of carbonyl (C=O) groups excluding carboxylic acids is 1. The summed E-state index contributed by atoms with van der Waals surface area (Å²) in [7, 11) is 0. The van der Waals surface area contributed by atoms with Crippen LogP contribution in [-0.2, 0) is 11.2 Å². The lowest BCUT2D eigenvalue weighted by Gasteiger charge is -2.34. The van der Waals surface area contributed by atoms with Crippen LogP contribution < -0.4 is 0 Å². The van der Waals surface area contributed by atoms with Crippen molar-refractivity contribution in [1.82, 2.24) is 14.8 Å². The zero-order valence-corrected chi connectivity index (χ0v) is 13.7. The van der Waals surface area contributed by atoms with Crippen molar-refractivity contribution in [2.24, 2.45) is 0 Å². The second-order valence-electron chi connectivity index (χ2n) is 5.90. The second kappa shape index (κ2) is 7.00. The molecule has 0 radical (unpaired) electrons. The fraction of sp³-hybridized carbons (Fsp3) is 0.529. The first-order valence-corrected chi connectivity index (χ1v) is 8.17. The number of nitrogens with zero attached hydrogens (tertiary/aromatic N) is 3. The molecule has 0 saturated carbocycles. The summed E-state index contributed by atoms with van der Waals surface area (Å²) in [6, 6.07) is 3.58. The van der Waals surface area contributed by atoms with Crippen LogP contribution in [0.25, 0.3) is 11.7 Å². The molecule has 0 N–H and O–H groups in total. The fourth-order valence-electron chi connectivity index (χ4n) is 2.89. The Labute approximate surface area is 136 Å². The van der Waals surface area contributed by atoms with Crippen LogP contribution in [0.4, 0.5) is 0 Å². The van der Waals surface area contributed by atoms with Gasteiger partial charge in [-0.25, -0.2) is 4.98 Å². The Kier molecular flexibility index (Phi) is 4.81. The third-order valence-electron chi connectivity index (χ3n) is 4.21. The van der Waals surface area contributed by atoms with Crippen LogP contribution in [0.15, 0.2) is 27.2 Å². The van der Waals surface area contributed by atoms with Crippen molar-refractivity contribution in [3.63, 3.8) is 0 Å². The topological polar surface area (TPSA) is 62.7 Å². The quantitative estimate of drug-likeness (QED) is 0.847. The minimum Gasteiger partial charge on any atom is -0.459 e. The molecule has 0 atom stereocenters. The summed E-state index contributed by atoms with van der Waals surface area (Å²) in [6.45, 7) is 8.62. The molecule has 1 saturated heterocycles. The molecule has 0 aliphatic carbocycles. The number of aryl methyl sites for hydroxylation is 1. The van der Waals surface area contributed by atoms with Gasteiger partial charge in [0.1, 0.15) is 5.76 Å². The minimum absolute atomic E-state index is 0.114. The van der Waals surface area contributed by atoms with E-state index in [0.29, 0.717) is 23.1 Å². The first kappa shape index (κ1) is 15.8. The second-order valence-corrected chi connectivity index (χ2v) is 5.90. The summed E-state index contributed by atoms with van der Waals surface area (Å²) >= 11 is 0. The van der Waals surface area contributed by atoms with Crippen LogP contribution in [0.1, 0.15) is 24.8 Å². The van der Waals surface area contributed by atoms with Gasteiger partial charge >= 0.3 is 0 Å². The average Bonchev–Trinajstić information content (AvgIpc) is 3.19. The Morgan fingerprint density at radius 3 is 2.74 bits per heavy atom. The largest absolute Gasteiger partial charge is 0.459 e. The highest BCUT2D eigenvalue weighted by Gasteiger charge is 2.23. The van der Waals surface area contributed by atoms with Gasteiger partial charge < -0.3 is 13.7 Å². The maximum Gasteiger partial charge on any atom is 0.263 e. The highest BCUT2D eigenvalue weighted by Crippen LogP contribution is 2.22. The Morgan fingerprint density at radius 2 is 2.09 bits per heavy atom. The molecule has 1 fully saturated rings. The van der Waals surface area contributed by atoms with Gasteiger partial charge in [-0.05, 0) is 32.0 Å². The molecule has 3 rings (SSSR count). The Hall–Kier alpha value is -2.08. The van der Waals surface area contributed by atoms with E-state index in [9.17, 15) is 4.79 Å². The van der Waals surface area contributed by atoms with Crippen LogP contribution in [-0.4, -0.2) is 53.4 Å². The predicted molar refractivity (Wildman–Crippen MR) is 86.0 cm³/mol. The third-order valence-corrected chi connectivity index (χ3v) is 4.21. The molecule has 3 heterocycles. The zero-order chi connectivity index (χ0) is 16.2. The normalized spacial score (nSPS) is 16.0. The van der Waals surface area contributed by atoms with Gasteiger partial charge in [-0.15, -0.1) is 0 Å². The molecular formula is C17H23N3O3. The summed E-state index contributed by atoms with van der Waals surface area (Å²) in [5.74, 6) is 1.81. The molecule has 6 heteroatoms. The maximum absolute atomic E-state index is 12.5. The van der Waals surface area contributed by atoms with Crippen molar-refractivity contribution in [2.45, 2.75) is 26.7 Å². The van der Waals surface area contributed by atoms with Crippen LogP contribution in [0.3, 0.4) is 0 Å². The number of furan rings is 1. The summed E-state index contributed by atoms with van der Waals surface area (Å²) < 4.78 is 10.9. The smallest absolute Gasteiger partial charge is 0.263 e. The van der Waals surface area contributed by atoms with Crippen molar-refractivity contribution >= 4 is 5.91 Å². The van der Waals surface area contributed by atoms with E-state index in [2.05, 4.69) is 16.8 Å². The molecule has 0 bridgehead atoms. The van der Waals surface area contributed by atoms with Crippen molar-refractivity contribution in [3.8, 4) is 11.7 Å². The van der Waals surface area contributed by atoms with Gasteiger partial charge in [-0.2, -0.15) is 0 Å². The number of hydrogen-bond donors (Lipinski definition) is 0. The zero-order valence-electron chi connectivity index (χ0n) is 13.7. The average molecular weight is 317 g/mol. The number of carbonyl (C=O) groups is 1. The lowest BCUT2D eigenvalue weighted by Crippen LogP contribution is -2.49. The number of hydrogen-bond acceptors (Lipinski definition) is 5. The monoisotopic (exact) mass is 317 g/mol. The third kappa shape index (κ3) is 3.64. The van der Waals surface area contributed by atoms with Crippen molar-refractivity contribution < 1.29 is 13.6 Å². The standard InChI is InChI=1S/C17H23N3O3/c1-3-6-19-7-9-20(10-8-19)16(21)12-14-13(2)23-17(18-14)15-5-4-11-22-15/h4-5,11H,3,6-10,12H2,1-2H3.